The molecule has 0 amide bonds. The summed E-state index contributed by atoms with van der Waals surface area (Å²) in [5.74, 6) is 0.100. The van der Waals surface area contributed by atoms with Gasteiger partial charge in [-0.25, -0.2) is 4.99 Å². The van der Waals surface area contributed by atoms with Crippen LogP contribution in [0, 0.1) is 11.3 Å². The minimum atomic E-state index is -0.584. The van der Waals surface area contributed by atoms with Gasteiger partial charge in [-0.1, -0.05) is 56.3 Å². The number of rotatable bonds is 0. The SMILES string of the molecule is CC1(C)OC(C#N)=Nc2ccccc2-c2ccccc2C1(C)C. The molecule has 0 aromatic heterocycles. The van der Waals surface area contributed by atoms with E-state index < -0.39 is 5.60 Å². The molecule has 0 saturated heterocycles. The molecule has 0 unspecified atom stereocenters. The highest BCUT2D eigenvalue weighted by molar-refractivity contribution is 5.96. The summed E-state index contributed by atoms with van der Waals surface area (Å²) in [4.78, 5) is 4.47. The van der Waals surface area contributed by atoms with Crippen molar-refractivity contribution in [1.29, 1.82) is 5.26 Å². The first-order valence-corrected chi connectivity index (χ1v) is 7.73. The van der Waals surface area contributed by atoms with E-state index in [-0.39, 0.29) is 11.3 Å². The van der Waals surface area contributed by atoms with Gasteiger partial charge in [0.25, 0.3) is 5.90 Å². The highest BCUT2D eigenvalue weighted by Gasteiger charge is 2.43. The fraction of sp³-hybridized carbons (Fsp3) is 0.300. The van der Waals surface area contributed by atoms with E-state index in [1.165, 1.54) is 5.56 Å². The van der Waals surface area contributed by atoms with E-state index in [4.69, 9.17) is 4.74 Å². The van der Waals surface area contributed by atoms with Crippen molar-refractivity contribution in [2.75, 3.05) is 0 Å². The van der Waals surface area contributed by atoms with Crippen molar-refractivity contribution in [3.63, 3.8) is 0 Å². The Balaban J connectivity index is 2.40. The van der Waals surface area contributed by atoms with Crippen molar-refractivity contribution in [3.8, 4) is 17.2 Å². The van der Waals surface area contributed by atoms with Crippen LogP contribution in [0.3, 0.4) is 0 Å². The molecule has 3 nitrogen and oxygen atoms in total. The van der Waals surface area contributed by atoms with Crippen LogP contribution >= 0.6 is 0 Å². The van der Waals surface area contributed by atoms with Gasteiger partial charge in [-0.05, 0) is 31.0 Å². The Morgan fingerprint density at radius 3 is 2.22 bits per heavy atom. The van der Waals surface area contributed by atoms with Gasteiger partial charge in [-0.15, -0.1) is 0 Å². The van der Waals surface area contributed by atoms with Gasteiger partial charge in [-0.3, -0.25) is 0 Å². The summed E-state index contributed by atoms with van der Waals surface area (Å²) in [7, 11) is 0. The molecular weight excluding hydrogens is 284 g/mol. The predicted molar refractivity (Wildman–Crippen MR) is 92.8 cm³/mol. The van der Waals surface area contributed by atoms with Crippen molar-refractivity contribution < 1.29 is 4.74 Å². The van der Waals surface area contributed by atoms with Crippen LogP contribution in [0.15, 0.2) is 53.5 Å². The van der Waals surface area contributed by atoms with Crippen LogP contribution in [0.25, 0.3) is 11.1 Å². The van der Waals surface area contributed by atoms with E-state index in [2.05, 4.69) is 37.0 Å². The second-order valence-corrected chi connectivity index (χ2v) is 6.83. The summed E-state index contributed by atoms with van der Waals surface area (Å²) < 4.78 is 6.03. The van der Waals surface area contributed by atoms with Gasteiger partial charge >= 0.3 is 0 Å². The molecule has 0 bridgehead atoms. The average Bonchev–Trinajstić information content (AvgIpc) is 2.56. The fourth-order valence-electron chi connectivity index (χ4n) is 2.94. The van der Waals surface area contributed by atoms with Gasteiger partial charge in [0.05, 0.1) is 5.69 Å². The summed E-state index contributed by atoms with van der Waals surface area (Å²) in [5, 5.41) is 9.44. The van der Waals surface area contributed by atoms with Crippen LogP contribution in [0.5, 0.6) is 0 Å². The van der Waals surface area contributed by atoms with Crippen LogP contribution < -0.4 is 0 Å². The van der Waals surface area contributed by atoms with E-state index in [0.717, 1.165) is 16.8 Å². The zero-order valence-electron chi connectivity index (χ0n) is 13.9. The summed E-state index contributed by atoms with van der Waals surface area (Å²) >= 11 is 0. The number of ether oxygens (including phenoxy) is 1. The van der Waals surface area contributed by atoms with Gasteiger partial charge in [0.15, 0.2) is 6.07 Å². The fourth-order valence-corrected chi connectivity index (χ4v) is 2.94. The lowest BCUT2D eigenvalue weighted by Crippen LogP contribution is -2.46. The summed E-state index contributed by atoms with van der Waals surface area (Å²) in [6, 6.07) is 18.3. The van der Waals surface area contributed by atoms with Gasteiger partial charge in [-0.2, -0.15) is 5.26 Å². The number of hydrogen-bond acceptors (Lipinski definition) is 3. The lowest BCUT2D eigenvalue weighted by molar-refractivity contribution is 0.0260. The molecule has 2 aromatic rings. The first-order chi connectivity index (χ1) is 10.9. The number of para-hydroxylation sites is 1. The lowest BCUT2D eigenvalue weighted by atomic mass is 9.69. The molecule has 0 radical (unpaired) electrons. The Hall–Kier alpha value is -2.60. The number of aliphatic imine (C=N–C) groups is 1. The van der Waals surface area contributed by atoms with Crippen LogP contribution in [0.4, 0.5) is 5.69 Å². The number of nitriles is 1. The molecule has 3 heteroatoms. The molecule has 1 aliphatic rings. The molecule has 1 heterocycles. The molecule has 2 aromatic carbocycles. The van der Waals surface area contributed by atoms with Gasteiger partial charge in [0.1, 0.15) is 5.60 Å². The minimum absolute atomic E-state index is 0.100. The molecular formula is C20H20N2O. The zero-order chi connectivity index (χ0) is 16.7. The topological polar surface area (TPSA) is 45.4 Å². The lowest BCUT2D eigenvalue weighted by Gasteiger charge is -2.42. The Morgan fingerprint density at radius 1 is 0.913 bits per heavy atom. The molecule has 0 fully saturated rings. The van der Waals surface area contributed by atoms with Crippen LogP contribution in [0.2, 0.25) is 0 Å². The summed E-state index contributed by atoms with van der Waals surface area (Å²) in [6.07, 6.45) is 0. The Bertz CT molecular complexity index is 826. The van der Waals surface area contributed by atoms with E-state index in [1.807, 2.05) is 50.2 Å². The Morgan fingerprint density at radius 2 is 1.52 bits per heavy atom. The first kappa shape index (κ1) is 15.3. The molecule has 23 heavy (non-hydrogen) atoms. The van der Waals surface area contributed by atoms with Gasteiger partial charge < -0.3 is 4.74 Å². The second kappa shape index (κ2) is 5.24. The van der Waals surface area contributed by atoms with E-state index >= 15 is 0 Å². The predicted octanol–water partition coefficient (Wildman–Crippen LogP) is 4.99. The smallest absolute Gasteiger partial charge is 0.296 e. The zero-order valence-corrected chi connectivity index (χ0v) is 13.9. The maximum Gasteiger partial charge on any atom is 0.296 e. The molecule has 0 atom stereocenters. The van der Waals surface area contributed by atoms with Crippen LogP contribution in [-0.2, 0) is 10.2 Å². The molecule has 0 aliphatic carbocycles. The normalized spacial score (nSPS) is 18.0. The molecule has 3 rings (SSSR count). The molecule has 1 aliphatic heterocycles. The maximum atomic E-state index is 9.44. The highest BCUT2D eigenvalue weighted by Crippen LogP contribution is 2.45. The van der Waals surface area contributed by atoms with E-state index in [0.29, 0.717) is 0 Å². The van der Waals surface area contributed by atoms with Crippen molar-refractivity contribution in [3.05, 3.63) is 54.1 Å². The first-order valence-electron chi connectivity index (χ1n) is 7.73. The third-order valence-electron chi connectivity index (χ3n) is 4.97. The second-order valence-electron chi connectivity index (χ2n) is 6.83. The largest absolute Gasteiger partial charge is 0.463 e. The number of nitrogens with zero attached hydrogens (tertiary/aromatic N) is 2. The summed E-state index contributed by atoms with van der Waals surface area (Å²) in [6.45, 7) is 8.31. The quantitative estimate of drug-likeness (QED) is 0.688. The van der Waals surface area contributed by atoms with E-state index in [1.54, 1.807) is 0 Å². The molecule has 116 valence electrons. The van der Waals surface area contributed by atoms with Crippen LogP contribution in [0.1, 0.15) is 33.3 Å². The molecule has 0 N–H and O–H groups in total. The minimum Gasteiger partial charge on any atom is -0.463 e. The van der Waals surface area contributed by atoms with Crippen LogP contribution in [-0.4, -0.2) is 11.5 Å². The van der Waals surface area contributed by atoms with Crippen molar-refractivity contribution in [1.82, 2.24) is 0 Å². The monoisotopic (exact) mass is 304 g/mol. The van der Waals surface area contributed by atoms with Crippen molar-refractivity contribution in [2.45, 2.75) is 38.7 Å². The molecule has 0 spiro atoms. The van der Waals surface area contributed by atoms with Crippen molar-refractivity contribution >= 4 is 11.6 Å². The van der Waals surface area contributed by atoms with Crippen molar-refractivity contribution in [2.24, 2.45) is 4.99 Å². The highest BCUT2D eigenvalue weighted by atomic mass is 16.5. The van der Waals surface area contributed by atoms with Gasteiger partial charge in [0.2, 0.25) is 0 Å². The van der Waals surface area contributed by atoms with E-state index in [9.17, 15) is 5.26 Å². The Kier molecular flexibility index (Phi) is 3.49. The summed E-state index contributed by atoms with van der Waals surface area (Å²) in [5.41, 5.74) is 3.20. The standard InChI is InChI=1S/C20H20N2O/c1-19(2)16-11-7-5-9-14(16)15-10-6-8-12-17(15)22-18(13-21)23-20(19,3)4/h5-12H,1-4H3. The number of hydrogen-bond donors (Lipinski definition) is 0. The number of fused-ring (bicyclic) bond motifs is 3. The third-order valence-corrected chi connectivity index (χ3v) is 4.97. The molecule has 0 saturated carbocycles. The number of benzene rings is 2. The Labute approximate surface area is 137 Å². The maximum absolute atomic E-state index is 9.44. The van der Waals surface area contributed by atoms with Gasteiger partial charge in [0, 0.05) is 11.0 Å². The average molecular weight is 304 g/mol. The third kappa shape index (κ3) is 2.41.